The van der Waals surface area contributed by atoms with Gasteiger partial charge in [0.2, 0.25) is 5.96 Å². The van der Waals surface area contributed by atoms with Crippen LogP contribution in [0, 0.1) is 0 Å². The lowest BCUT2D eigenvalue weighted by Gasteiger charge is -2.34. The molecule has 1 saturated heterocycles. The summed E-state index contributed by atoms with van der Waals surface area (Å²) in [6.07, 6.45) is 6.26. The van der Waals surface area contributed by atoms with Crippen LogP contribution in [-0.2, 0) is 11.3 Å². The minimum Gasteiger partial charge on any atom is -0.444 e. The first-order valence-electron chi connectivity index (χ1n) is 13.1. The topological polar surface area (TPSA) is 91.1 Å². The maximum absolute atomic E-state index is 12.5. The van der Waals surface area contributed by atoms with Crippen molar-refractivity contribution in [3.63, 3.8) is 0 Å². The van der Waals surface area contributed by atoms with Crippen LogP contribution in [0.25, 0.3) is 0 Å². The van der Waals surface area contributed by atoms with Crippen LogP contribution in [0.3, 0.4) is 0 Å². The molecule has 1 saturated carbocycles. The third kappa shape index (κ3) is 5.70. The number of hydrogen-bond acceptors (Lipinski definition) is 6. The highest BCUT2D eigenvalue weighted by Crippen LogP contribution is 2.39. The van der Waals surface area contributed by atoms with Gasteiger partial charge < -0.3 is 20.1 Å². The van der Waals surface area contributed by atoms with Crippen molar-refractivity contribution in [2.24, 2.45) is 4.99 Å². The van der Waals surface area contributed by atoms with Crippen LogP contribution in [-0.4, -0.2) is 57.6 Å². The first kappa shape index (κ1) is 24.9. The lowest BCUT2D eigenvalue weighted by molar-refractivity contribution is 0.0204. The number of hydrogen-bond donors (Lipinski definition) is 3. The average Bonchev–Trinajstić information content (AvgIpc) is 3.17. The first-order valence-corrected chi connectivity index (χ1v) is 13.1. The van der Waals surface area contributed by atoms with Crippen molar-refractivity contribution in [3.8, 4) is 0 Å². The number of aliphatic hydroxyl groups is 1. The predicted octanol–water partition coefficient (Wildman–Crippen LogP) is 4.42. The van der Waals surface area contributed by atoms with Crippen LogP contribution in [0.4, 0.5) is 4.79 Å². The Labute approximate surface area is 204 Å². The number of aliphatic hydroxyl groups excluding tert-OH is 1. The van der Waals surface area contributed by atoms with Gasteiger partial charge in [0.05, 0.1) is 18.3 Å². The number of nitrogens with one attached hydrogen (secondary N) is 2. The van der Waals surface area contributed by atoms with Crippen molar-refractivity contribution in [2.75, 3.05) is 18.5 Å². The molecule has 1 aromatic heterocycles. The minimum absolute atomic E-state index is 0.166. The number of rotatable bonds is 4. The molecule has 3 aliphatic rings. The van der Waals surface area contributed by atoms with E-state index in [0.29, 0.717) is 37.5 Å². The van der Waals surface area contributed by atoms with Crippen molar-refractivity contribution < 1.29 is 14.6 Å². The van der Waals surface area contributed by atoms with Crippen LogP contribution < -0.4 is 10.7 Å². The standard InChI is InChI=1S/C26H43N5O3/c1-6-17(2)28-24-27-16-23-21(15-22(31(23)29-24)19-7-9-20(32)10-8-19)18-11-13-30(14-12-18)25(33)34-26(3,4)5/h15,17-20,32H,6-14,16H2,1-5H3,(H2,27,28,29). The summed E-state index contributed by atoms with van der Waals surface area (Å²) in [5.41, 5.74) is 7.01. The number of amides is 1. The van der Waals surface area contributed by atoms with Crippen LogP contribution in [0.15, 0.2) is 11.1 Å². The third-order valence-electron chi connectivity index (χ3n) is 7.47. The van der Waals surface area contributed by atoms with Gasteiger partial charge in [-0.15, -0.1) is 0 Å². The highest BCUT2D eigenvalue weighted by atomic mass is 16.6. The van der Waals surface area contributed by atoms with E-state index in [0.717, 1.165) is 50.9 Å². The predicted molar refractivity (Wildman–Crippen MR) is 135 cm³/mol. The Bertz CT molecular complexity index is 887. The van der Waals surface area contributed by atoms with Gasteiger partial charge in [-0.1, -0.05) is 6.92 Å². The molecule has 1 aromatic rings. The molecule has 2 fully saturated rings. The van der Waals surface area contributed by atoms with E-state index in [1.54, 1.807) is 0 Å². The SMILES string of the molecule is CCC(C)NC1=NCc2c(C3CCN(C(=O)OC(C)(C)C)CC3)cc(C3CCC(O)CC3)n2N1. The molecule has 1 aliphatic carbocycles. The number of fused-ring (bicyclic) bond motifs is 1. The summed E-state index contributed by atoms with van der Waals surface area (Å²) in [5.74, 6) is 1.68. The molecule has 1 atom stereocenters. The lowest BCUT2D eigenvalue weighted by Crippen LogP contribution is -2.44. The second kappa shape index (κ2) is 10.2. The van der Waals surface area contributed by atoms with Gasteiger partial charge in [-0.3, -0.25) is 10.1 Å². The summed E-state index contributed by atoms with van der Waals surface area (Å²) < 4.78 is 7.85. The normalized spacial score (nSPS) is 24.6. The van der Waals surface area contributed by atoms with Crippen molar-refractivity contribution in [1.82, 2.24) is 14.9 Å². The zero-order valence-corrected chi connectivity index (χ0v) is 21.6. The molecular weight excluding hydrogens is 430 g/mol. The fourth-order valence-electron chi connectivity index (χ4n) is 5.32. The molecule has 2 aliphatic heterocycles. The maximum atomic E-state index is 12.5. The van der Waals surface area contributed by atoms with Gasteiger partial charge in [0.25, 0.3) is 0 Å². The molecule has 0 aromatic carbocycles. The van der Waals surface area contributed by atoms with Gasteiger partial charge in [0.1, 0.15) is 5.60 Å². The number of ether oxygens (including phenoxy) is 1. The quantitative estimate of drug-likeness (QED) is 0.602. The zero-order chi connectivity index (χ0) is 24.5. The van der Waals surface area contributed by atoms with E-state index >= 15 is 0 Å². The number of guanidine groups is 1. The van der Waals surface area contributed by atoms with Gasteiger partial charge in [-0.2, -0.15) is 0 Å². The molecule has 4 rings (SSSR count). The van der Waals surface area contributed by atoms with Crippen LogP contribution >= 0.6 is 0 Å². The molecule has 34 heavy (non-hydrogen) atoms. The summed E-state index contributed by atoms with van der Waals surface area (Å²) in [4.78, 5) is 19.2. The number of nitrogens with zero attached hydrogens (tertiary/aromatic N) is 3. The molecule has 8 nitrogen and oxygen atoms in total. The number of aliphatic imine (C=N–C) groups is 1. The van der Waals surface area contributed by atoms with E-state index in [1.165, 1.54) is 17.0 Å². The molecule has 8 heteroatoms. The number of likely N-dealkylation sites (tertiary alicyclic amines) is 1. The number of aromatic nitrogens is 1. The van der Waals surface area contributed by atoms with Crippen LogP contribution in [0.5, 0.6) is 0 Å². The lowest BCUT2D eigenvalue weighted by atomic mass is 9.84. The Hall–Kier alpha value is -2.22. The van der Waals surface area contributed by atoms with Crippen molar-refractivity contribution >= 4 is 12.1 Å². The summed E-state index contributed by atoms with van der Waals surface area (Å²) in [6.45, 7) is 12.2. The first-order chi connectivity index (χ1) is 16.1. The van der Waals surface area contributed by atoms with Gasteiger partial charge in [-0.05, 0) is 90.2 Å². The van der Waals surface area contributed by atoms with E-state index in [-0.39, 0.29) is 12.2 Å². The Morgan fingerprint density at radius 1 is 1.21 bits per heavy atom. The van der Waals surface area contributed by atoms with E-state index < -0.39 is 5.60 Å². The second-order valence-corrected chi connectivity index (χ2v) is 11.3. The van der Waals surface area contributed by atoms with Crippen LogP contribution in [0.1, 0.15) is 108 Å². The van der Waals surface area contributed by atoms with Crippen LogP contribution in [0.2, 0.25) is 0 Å². The van der Waals surface area contributed by atoms with Gasteiger partial charge >= 0.3 is 6.09 Å². The molecule has 0 radical (unpaired) electrons. The minimum atomic E-state index is -0.470. The molecular formula is C26H43N5O3. The Kier molecular flexibility index (Phi) is 7.45. The fourth-order valence-corrected chi connectivity index (χ4v) is 5.32. The molecule has 3 N–H and O–H groups in total. The summed E-state index contributed by atoms with van der Waals surface area (Å²) in [5, 5.41) is 13.5. The number of carbonyl (C=O) groups is 1. The number of piperidine rings is 1. The van der Waals surface area contributed by atoms with E-state index in [2.05, 4.69) is 35.3 Å². The Balaban J connectivity index is 1.52. The summed E-state index contributed by atoms with van der Waals surface area (Å²) in [6, 6.07) is 2.74. The monoisotopic (exact) mass is 473 g/mol. The van der Waals surface area contributed by atoms with E-state index in [9.17, 15) is 9.90 Å². The van der Waals surface area contributed by atoms with E-state index in [4.69, 9.17) is 9.73 Å². The highest BCUT2D eigenvalue weighted by molar-refractivity contribution is 5.88. The van der Waals surface area contributed by atoms with Crippen molar-refractivity contribution in [3.05, 3.63) is 23.0 Å². The second-order valence-electron chi connectivity index (χ2n) is 11.3. The molecule has 0 bridgehead atoms. The Morgan fingerprint density at radius 3 is 2.50 bits per heavy atom. The maximum Gasteiger partial charge on any atom is 0.410 e. The molecule has 3 heterocycles. The van der Waals surface area contributed by atoms with Gasteiger partial charge in [-0.25, -0.2) is 9.79 Å². The van der Waals surface area contributed by atoms with Crippen molar-refractivity contribution in [1.29, 1.82) is 0 Å². The third-order valence-corrected chi connectivity index (χ3v) is 7.47. The number of carbonyl (C=O) groups excluding carboxylic acids is 1. The Morgan fingerprint density at radius 2 is 1.88 bits per heavy atom. The highest BCUT2D eigenvalue weighted by Gasteiger charge is 2.33. The molecule has 190 valence electrons. The van der Waals surface area contributed by atoms with E-state index in [1.807, 2.05) is 25.7 Å². The van der Waals surface area contributed by atoms with Gasteiger partial charge in [0, 0.05) is 30.7 Å². The summed E-state index contributed by atoms with van der Waals surface area (Å²) in [7, 11) is 0. The molecule has 1 amide bonds. The van der Waals surface area contributed by atoms with Crippen molar-refractivity contribution in [2.45, 2.75) is 116 Å². The smallest absolute Gasteiger partial charge is 0.410 e. The molecule has 0 spiro atoms. The average molecular weight is 474 g/mol. The molecule has 1 unspecified atom stereocenters. The summed E-state index contributed by atoms with van der Waals surface area (Å²) >= 11 is 0. The largest absolute Gasteiger partial charge is 0.444 e. The fraction of sp³-hybridized carbons (Fsp3) is 0.769. The zero-order valence-electron chi connectivity index (χ0n) is 21.6. The van der Waals surface area contributed by atoms with Gasteiger partial charge in [0.15, 0.2) is 0 Å².